The standard InChI is InChI=1S/C15H20F3N3O/c1-14(2)9-19-8-7-12(14)21-13(22)20-11-6-4-3-5-10(11)15(16,17)18/h3-6,12,19H,7-9H2,1-2H3,(H2,20,21,22). The Morgan fingerprint density at radius 3 is 2.64 bits per heavy atom. The van der Waals surface area contributed by atoms with Crippen molar-refractivity contribution in [3.8, 4) is 0 Å². The van der Waals surface area contributed by atoms with Crippen LogP contribution < -0.4 is 16.0 Å². The Balaban J connectivity index is 2.07. The highest BCUT2D eigenvalue weighted by Crippen LogP contribution is 2.34. The van der Waals surface area contributed by atoms with E-state index in [4.69, 9.17) is 0 Å². The molecule has 3 N–H and O–H groups in total. The van der Waals surface area contributed by atoms with Gasteiger partial charge in [0.25, 0.3) is 0 Å². The summed E-state index contributed by atoms with van der Waals surface area (Å²) in [6.45, 7) is 5.53. The first-order valence-corrected chi connectivity index (χ1v) is 7.14. The lowest BCUT2D eigenvalue weighted by Gasteiger charge is -2.39. The number of para-hydroxylation sites is 1. The number of amides is 2. The van der Waals surface area contributed by atoms with Crippen LogP contribution in [0.5, 0.6) is 0 Å². The summed E-state index contributed by atoms with van der Waals surface area (Å²) in [6.07, 6.45) is -3.76. The molecule has 1 heterocycles. The summed E-state index contributed by atoms with van der Waals surface area (Å²) in [5.41, 5.74) is -1.24. The number of benzene rings is 1. The van der Waals surface area contributed by atoms with E-state index in [0.29, 0.717) is 0 Å². The van der Waals surface area contributed by atoms with E-state index in [9.17, 15) is 18.0 Å². The number of halogens is 3. The molecule has 1 aliphatic rings. The van der Waals surface area contributed by atoms with Crippen LogP contribution in [0.1, 0.15) is 25.8 Å². The topological polar surface area (TPSA) is 53.2 Å². The van der Waals surface area contributed by atoms with Crippen molar-refractivity contribution in [1.29, 1.82) is 0 Å². The van der Waals surface area contributed by atoms with E-state index < -0.39 is 17.8 Å². The molecule has 1 aromatic carbocycles. The van der Waals surface area contributed by atoms with Crippen LogP contribution in [0, 0.1) is 5.41 Å². The van der Waals surface area contributed by atoms with Crippen molar-refractivity contribution in [2.75, 3.05) is 18.4 Å². The minimum absolute atomic E-state index is 0.0909. The third kappa shape index (κ3) is 3.91. The van der Waals surface area contributed by atoms with Crippen LogP contribution in [0.4, 0.5) is 23.7 Å². The van der Waals surface area contributed by atoms with Gasteiger partial charge in [-0.25, -0.2) is 4.79 Å². The largest absolute Gasteiger partial charge is 0.418 e. The zero-order chi connectivity index (χ0) is 16.4. The molecule has 7 heteroatoms. The summed E-state index contributed by atoms with van der Waals surface area (Å²) in [7, 11) is 0. The van der Waals surface area contributed by atoms with Crippen LogP contribution in [-0.2, 0) is 6.18 Å². The number of carbonyl (C=O) groups excluding carboxylic acids is 1. The van der Waals surface area contributed by atoms with Gasteiger partial charge in [-0.15, -0.1) is 0 Å². The van der Waals surface area contributed by atoms with Crippen LogP contribution in [0.2, 0.25) is 0 Å². The Kier molecular flexibility index (Phi) is 4.65. The van der Waals surface area contributed by atoms with Crippen molar-refractivity contribution in [2.24, 2.45) is 5.41 Å². The first-order chi connectivity index (χ1) is 10.2. The number of hydrogen-bond acceptors (Lipinski definition) is 2. The van der Waals surface area contributed by atoms with Crippen LogP contribution in [0.3, 0.4) is 0 Å². The third-order valence-electron chi connectivity index (χ3n) is 3.92. The van der Waals surface area contributed by atoms with Gasteiger partial charge in [0.05, 0.1) is 11.3 Å². The molecule has 2 amide bonds. The molecular weight excluding hydrogens is 295 g/mol. The molecule has 2 rings (SSSR count). The molecule has 4 nitrogen and oxygen atoms in total. The lowest BCUT2D eigenvalue weighted by Crippen LogP contribution is -2.55. The number of urea groups is 1. The Morgan fingerprint density at radius 2 is 2.00 bits per heavy atom. The van der Waals surface area contributed by atoms with Crippen molar-refractivity contribution in [2.45, 2.75) is 32.5 Å². The van der Waals surface area contributed by atoms with E-state index in [1.165, 1.54) is 18.2 Å². The summed E-state index contributed by atoms with van der Waals surface area (Å²) < 4.78 is 38.7. The number of carbonyl (C=O) groups is 1. The van der Waals surface area contributed by atoms with Gasteiger partial charge in [-0.1, -0.05) is 26.0 Å². The van der Waals surface area contributed by atoms with Gasteiger partial charge in [0.15, 0.2) is 0 Å². The fourth-order valence-corrected chi connectivity index (χ4v) is 2.59. The maximum atomic E-state index is 12.9. The van der Waals surface area contributed by atoms with E-state index in [0.717, 1.165) is 25.6 Å². The molecule has 0 aliphatic carbocycles. The molecule has 122 valence electrons. The van der Waals surface area contributed by atoms with E-state index in [1.54, 1.807) is 0 Å². The normalized spacial score (nSPS) is 21.2. The molecule has 1 aliphatic heterocycles. The molecule has 1 saturated heterocycles. The fourth-order valence-electron chi connectivity index (χ4n) is 2.59. The van der Waals surface area contributed by atoms with Gasteiger partial charge in [0.1, 0.15) is 0 Å². The minimum atomic E-state index is -4.50. The SMILES string of the molecule is CC1(C)CNCCC1NC(=O)Nc1ccccc1C(F)(F)F. The van der Waals surface area contributed by atoms with Crippen LogP contribution in [-0.4, -0.2) is 25.2 Å². The number of alkyl halides is 3. The average molecular weight is 315 g/mol. The monoisotopic (exact) mass is 315 g/mol. The highest BCUT2D eigenvalue weighted by Gasteiger charge is 2.35. The van der Waals surface area contributed by atoms with E-state index in [2.05, 4.69) is 16.0 Å². The first kappa shape index (κ1) is 16.6. The number of piperidine rings is 1. The number of nitrogens with one attached hydrogen (secondary N) is 3. The third-order valence-corrected chi connectivity index (χ3v) is 3.92. The molecule has 1 unspecified atom stereocenters. The molecule has 1 atom stereocenters. The lowest BCUT2D eigenvalue weighted by atomic mass is 9.80. The van der Waals surface area contributed by atoms with Crippen molar-refractivity contribution < 1.29 is 18.0 Å². The highest BCUT2D eigenvalue weighted by molar-refractivity contribution is 5.90. The van der Waals surface area contributed by atoms with Gasteiger partial charge in [-0.3, -0.25) is 0 Å². The number of hydrogen-bond donors (Lipinski definition) is 3. The molecule has 1 fully saturated rings. The molecule has 0 radical (unpaired) electrons. The molecule has 0 bridgehead atoms. The zero-order valence-corrected chi connectivity index (χ0v) is 12.6. The van der Waals surface area contributed by atoms with Gasteiger partial charge >= 0.3 is 12.2 Å². The Morgan fingerprint density at radius 1 is 1.32 bits per heavy atom. The van der Waals surface area contributed by atoms with E-state index in [1.807, 2.05) is 13.8 Å². The lowest BCUT2D eigenvalue weighted by molar-refractivity contribution is -0.136. The zero-order valence-electron chi connectivity index (χ0n) is 12.6. The van der Waals surface area contributed by atoms with Crippen molar-refractivity contribution >= 4 is 11.7 Å². The van der Waals surface area contributed by atoms with Gasteiger partial charge in [-0.2, -0.15) is 13.2 Å². The summed E-state index contributed by atoms with van der Waals surface area (Å²) in [5.74, 6) is 0. The van der Waals surface area contributed by atoms with E-state index in [-0.39, 0.29) is 17.1 Å². The predicted octanol–water partition coefficient (Wildman–Crippen LogP) is 3.22. The molecule has 0 saturated carbocycles. The maximum absolute atomic E-state index is 12.9. The second-order valence-electron chi connectivity index (χ2n) is 6.15. The van der Waals surface area contributed by atoms with Gasteiger partial charge < -0.3 is 16.0 Å². The van der Waals surface area contributed by atoms with Crippen molar-refractivity contribution in [3.63, 3.8) is 0 Å². The molecular formula is C15H20F3N3O. The Bertz CT molecular complexity index is 543. The predicted molar refractivity (Wildman–Crippen MR) is 78.7 cm³/mol. The fraction of sp³-hybridized carbons (Fsp3) is 0.533. The number of anilines is 1. The van der Waals surface area contributed by atoms with Crippen LogP contribution in [0.15, 0.2) is 24.3 Å². The molecule has 0 spiro atoms. The van der Waals surface area contributed by atoms with Gasteiger partial charge in [0.2, 0.25) is 0 Å². The number of rotatable bonds is 2. The molecule has 1 aromatic rings. The van der Waals surface area contributed by atoms with Crippen molar-refractivity contribution in [3.05, 3.63) is 29.8 Å². The average Bonchev–Trinajstić information content (AvgIpc) is 2.40. The summed E-state index contributed by atoms with van der Waals surface area (Å²) in [6, 6.07) is 4.24. The molecule has 0 aromatic heterocycles. The van der Waals surface area contributed by atoms with Crippen LogP contribution >= 0.6 is 0 Å². The minimum Gasteiger partial charge on any atom is -0.335 e. The summed E-state index contributed by atoms with van der Waals surface area (Å²) in [5, 5.41) is 8.33. The summed E-state index contributed by atoms with van der Waals surface area (Å²) in [4.78, 5) is 12.0. The first-order valence-electron chi connectivity index (χ1n) is 7.14. The van der Waals surface area contributed by atoms with Gasteiger partial charge in [0, 0.05) is 12.6 Å². The Hall–Kier alpha value is -1.76. The van der Waals surface area contributed by atoms with Gasteiger partial charge in [-0.05, 0) is 30.5 Å². The van der Waals surface area contributed by atoms with Crippen LogP contribution in [0.25, 0.3) is 0 Å². The smallest absolute Gasteiger partial charge is 0.335 e. The maximum Gasteiger partial charge on any atom is 0.418 e. The second kappa shape index (κ2) is 6.16. The summed E-state index contributed by atoms with van der Waals surface area (Å²) >= 11 is 0. The Labute approximate surface area is 127 Å². The second-order valence-corrected chi connectivity index (χ2v) is 6.15. The highest BCUT2D eigenvalue weighted by atomic mass is 19.4. The van der Waals surface area contributed by atoms with E-state index >= 15 is 0 Å². The van der Waals surface area contributed by atoms with Crippen molar-refractivity contribution in [1.82, 2.24) is 10.6 Å². The molecule has 22 heavy (non-hydrogen) atoms. The quantitative estimate of drug-likeness (QED) is 0.785.